The minimum Gasteiger partial charge on any atom is -0.329 e. The summed E-state index contributed by atoms with van der Waals surface area (Å²) >= 11 is 5.46. The lowest BCUT2D eigenvalue weighted by Crippen LogP contribution is -2.23. The highest BCUT2D eigenvalue weighted by Gasteiger charge is 2.35. The van der Waals surface area contributed by atoms with Gasteiger partial charge in [-0.05, 0) is 43.6 Å². The van der Waals surface area contributed by atoms with Crippen LogP contribution in [0.4, 0.5) is 0 Å². The topological polar surface area (TPSA) is 36.9 Å². The number of aromatic amines is 1. The quantitative estimate of drug-likeness (QED) is 0.843. The van der Waals surface area contributed by atoms with Crippen molar-refractivity contribution in [2.75, 3.05) is 13.1 Å². The van der Waals surface area contributed by atoms with E-state index in [0.717, 1.165) is 28.5 Å². The van der Waals surface area contributed by atoms with E-state index < -0.39 is 0 Å². The second kappa shape index (κ2) is 3.90. The Morgan fingerprint density at radius 3 is 3.00 bits per heavy atom. The Labute approximate surface area is 111 Å². The van der Waals surface area contributed by atoms with Gasteiger partial charge in [-0.3, -0.25) is 9.47 Å². The monoisotopic (exact) mass is 260 g/mol. The van der Waals surface area contributed by atoms with Gasteiger partial charge in [0, 0.05) is 25.3 Å². The number of nitrogens with one attached hydrogen (secondary N) is 1. The molecule has 4 rings (SSSR count). The van der Waals surface area contributed by atoms with Crippen LogP contribution in [-0.2, 0) is 0 Å². The van der Waals surface area contributed by atoms with Crippen LogP contribution in [0, 0.1) is 4.77 Å². The van der Waals surface area contributed by atoms with Gasteiger partial charge in [0.25, 0.3) is 0 Å². The van der Waals surface area contributed by atoms with Crippen molar-refractivity contribution in [2.24, 2.45) is 0 Å². The van der Waals surface area contributed by atoms with Crippen molar-refractivity contribution in [3.63, 3.8) is 0 Å². The highest BCUT2D eigenvalue weighted by atomic mass is 32.1. The first-order valence-corrected chi connectivity index (χ1v) is 7.03. The maximum atomic E-state index is 5.46. The molecule has 2 aliphatic rings. The third-order valence-corrected chi connectivity index (χ3v) is 4.40. The van der Waals surface area contributed by atoms with Gasteiger partial charge < -0.3 is 4.98 Å². The summed E-state index contributed by atoms with van der Waals surface area (Å²) in [7, 11) is 0. The highest BCUT2D eigenvalue weighted by molar-refractivity contribution is 7.71. The Morgan fingerprint density at radius 1 is 1.28 bits per heavy atom. The third-order valence-electron chi connectivity index (χ3n) is 4.10. The third kappa shape index (κ3) is 1.61. The predicted octanol–water partition coefficient (Wildman–Crippen LogP) is 2.50. The summed E-state index contributed by atoms with van der Waals surface area (Å²) in [5, 5.41) is 0. The number of imidazole rings is 1. The van der Waals surface area contributed by atoms with Crippen molar-refractivity contribution in [1.29, 1.82) is 0 Å². The number of H-pyrrole nitrogens is 1. The molecule has 18 heavy (non-hydrogen) atoms. The molecule has 5 heteroatoms. The van der Waals surface area contributed by atoms with E-state index in [1.807, 2.05) is 18.3 Å². The number of hydrogen-bond acceptors (Lipinski definition) is 3. The molecule has 94 valence electrons. The van der Waals surface area contributed by atoms with Gasteiger partial charge >= 0.3 is 0 Å². The van der Waals surface area contributed by atoms with Gasteiger partial charge in [0.2, 0.25) is 0 Å². The molecular formula is C13H16N4S. The molecule has 1 atom stereocenters. The van der Waals surface area contributed by atoms with E-state index in [2.05, 4.69) is 19.4 Å². The van der Waals surface area contributed by atoms with E-state index in [-0.39, 0.29) is 0 Å². The molecule has 1 saturated heterocycles. The summed E-state index contributed by atoms with van der Waals surface area (Å²) in [6, 6.07) is 5.33. The zero-order valence-electron chi connectivity index (χ0n) is 10.2. The van der Waals surface area contributed by atoms with E-state index in [4.69, 9.17) is 12.2 Å². The molecule has 1 aliphatic carbocycles. The molecule has 0 bridgehead atoms. The number of rotatable bonds is 2. The molecule has 1 N–H and O–H groups in total. The summed E-state index contributed by atoms with van der Waals surface area (Å²) in [5.74, 6) is 0. The molecule has 2 aromatic rings. The van der Waals surface area contributed by atoms with Crippen LogP contribution in [0.2, 0.25) is 0 Å². The SMILES string of the molecule is S=c1[nH]c2cccnc2n1C1CCN(C2CC2)C1. The predicted molar refractivity (Wildman–Crippen MR) is 73.2 cm³/mol. The summed E-state index contributed by atoms with van der Waals surface area (Å²) in [5.41, 5.74) is 2.05. The molecular weight excluding hydrogens is 244 g/mol. The van der Waals surface area contributed by atoms with Gasteiger partial charge in [0.05, 0.1) is 11.6 Å². The lowest BCUT2D eigenvalue weighted by atomic mass is 10.2. The van der Waals surface area contributed by atoms with Gasteiger partial charge in [-0.25, -0.2) is 4.98 Å². The molecule has 0 radical (unpaired) electrons. The zero-order chi connectivity index (χ0) is 12.1. The van der Waals surface area contributed by atoms with Crippen LogP contribution in [0.5, 0.6) is 0 Å². The number of aromatic nitrogens is 3. The standard InChI is InChI=1S/C13H16N4S/c18-13-15-11-2-1-6-14-12(11)17(13)10-5-7-16(8-10)9-3-4-9/h1-2,6,9-10H,3-5,7-8H2,(H,15,18). The Balaban J connectivity index is 1.74. The van der Waals surface area contributed by atoms with Crippen LogP contribution in [0.25, 0.3) is 11.2 Å². The summed E-state index contributed by atoms with van der Waals surface area (Å²) < 4.78 is 3.03. The molecule has 0 spiro atoms. The van der Waals surface area contributed by atoms with Gasteiger partial charge in [0.1, 0.15) is 0 Å². The fourth-order valence-corrected chi connectivity index (χ4v) is 3.39. The van der Waals surface area contributed by atoms with Crippen LogP contribution in [0.3, 0.4) is 0 Å². The lowest BCUT2D eigenvalue weighted by molar-refractivity contribution is 0.314. The second-order valence-electron chi connectivity index (χ2n) is 5.34. The van der Waals surface area contributed by atoms with Crippen molar-refractivity contribution in [1.82, 2.24) is 19.4 Å². The van der Waals surface area contributed by atoms with E-state index in [0.29, 0.717) is 6.04 Å². The molecule has 1 aliphatic heterocycles. The van der Waals surface area contributed by atoms with E-state index >= 15 is 0 Å². The molecule has 0 amide bonds. The Bertz CT molecular complexity index is 640. The van der Waals surface area contributed by atoms with E-state index in [9.17, 15) is 0 Å². The Kier molecular flexibility index (Phi) is 2.32. The number of nitrogens with zero attached hydrogens (tertiary/aromatic N) is 3. The molecule has 2 aromatic heterocycles. The smallest absolute Gasteiger partial charge is 0.179 e. The van der Waals surface area contributed by atoms with Gasteiger partial charge in [-0.15, -0.1) is 0 Å². The fraction of sp³-hybridized carbons (Fsp3) is 0.538. The number of fused-ring (bicyclic) bond motifs is 1. The maximum Gasteiger partial charge on any atom is 0.179 e. The minimum atomic E-state index is 0.488. The highest BCUT2D eigenvalue weighted by Crippen LogP contribution is 2.34. The average Bonchev–Trinajstić information content (AvgIpc) is 3.01. The molecule has 2 fully saturated rings. The van der Waals surface area contributed by atoms with Crippen LogP contribution in [0.15, 0.2) is 18.3 Å². The molecule has 3 heterocycles. The van der Waals surface area contributed by atoms with Crippen molar-refractivity contribution in [2.45, 2.75) is 31.3 Å². The lowest BCUT2D eigenvalue weighted by Gasteiger charge is -2.15. The zero-order valence-corrected chi connectivity index (χ0v) is 11.0. The van der Waals surface area contributed by atoms with Crippen molar-refractivity contribution in [3.8, 4) is 0 Å². The van der Waals surface area contributed by atoms with Crippen molar-refractivity contribution >= 4 is 23.4 Å². The van der Waals surface area contributed by atoms with Crippen LogP contribution >= 0.6 is 12.2 Å². The minimum absolute atomic E-state index is 0.488. The van der Waals surface area contributed by atoms with Crippen molar-refractivity contribution in [3.05, 3.63) is 23.1 Å². The first-order valence-electron chi connectivity index (χ1n) is 6.62. The first kappa shape index (κ1) is 10.7. The summed E-state index contributed by atoms with van der Waals surface area (Å²) in [6.07, 6.45) is 5.79. The van der Waals surface area contributed by atoms with Gasteiger partial charge in [-0.2, -0.15) is 0 Å². The molecule has 4 nitrogen and oxygen atoms in total. The largest absolute Gasteiger partial charge is 0.329 e. The fourth-order valence-electron chi connectivity index (χ4n) is 3.05. The first-order chi connectivity index (χ1) is 8.83. The van der Waals surface area contributed by atoms with Gasteiger partial charge in [-0.1, -0.05) is 0 Å². The normalized spacial score (nSPS) is 25.0. The van der Waals surface area contributed by atoms with Crippen LogP contribution in [-0.4, -0.2) is 38.6 Å². The van der Waals surface area contributed by atoms with E-state index in [1.165, 1.54) is 25.8 Å². The molecule has 1 saturated carbocycles. The van der Waals surface area contributed by atoms with E-state index in [1.54, 1.807) is 0 Å². The van der Waals surface area contributed by atoms with Gasteiger partial charge in [0.15, 0.2) is 10.4 Å². The Morgan fingerprint density at radius 2 is 2.17 bits per heavy atom. The van der Waals surface area contributed by atoms with Crippen molar-refractivity contribution < 1.29 is 0 Å². The second-order valence-corrected chi connectivity index (χ2v) is 5.73. The Hall–Kier alpha value is -1.20. The summed E-state index contributed by atoms with van der Waals surface area (Å²) in [4.78, 5) is 10.3. The average molecular weight is 260 g/mol. The number of hydrogen-bond donors (Lipinski definition) is 1. The van der Waals surface area contributed by atoms with Crippen LogP contribution < -0.4 is 0 Å². The molecule has 0 aromatic carbocycles. The van der Waals surface area contributed by atoms with Crippen LogP contribution in [0.1, 0.15) is 25.3 Å². The number of pyridine rings is 1. The number of likely N-dealkylation sites (tertiary alicyclic amines) is 1. The molecule has 1 unspecified atom stereocenters. The summed E-state index contributed by atoms with van der Waals surface area (Å²) in [6.45, 7) is 2.33. The maximum absolute atomic E-state index is 5.46.